The highest BCUT2D eigenvalue weighted by Crippen LogP contribution is 2.30. The maximum absolute atomic E-state index is 11.0. The summed E-state index contributed by atoms with van der Waals surface area (Å²) in [4.78, 5) is 11.0. The maximum atomic E-state index is 11.0. The summed E-state index contributed by atoms with van der Waals surface area (Å²) in [6.45, 7) is 3.76. The minimum absolute atomic E-state index is 0.0825. The zero-order chi connectivity index (χ0) is 14.4. The molecule has 0 aliphatic rings. The molecule has 19 heavy (non-hydrogen) atoms. The first kappa shape index (κ1) is 15.3. The average Bonchev–Trinajstić information content (AvgIpc) is 2.43. The molecule has 0 amide bonds. The normalized spacial score (nSPS) is 13.7. The quantitative estimate of drug-likeness (QED) is 0.793. The van der Waals surface area contributed by atoms with Gasteiger partial charge in [-0.05, 0) is 31.0 Å². The molecule has 0 fully saturated rings. The Hall–Kier alpha value is -1.75. The van der Waals surface area contributed by atoms with Crippen LogP contribution in [0.2, 0.25) is 0 Å². The first-order valence-corrected chi connectivity index (χ1v) is 6.24. The van der Waals surface area contributed by atoms with Crippen molar-refractivity contribution in [2.45, 2.75) is 32.4 Å². The molecule has 1 rings (SSSR count). The maximum Gasteiger partial charge on any atom is 0.320 e. The van der Waals surface area contributed by atoms with E-state index in [-0.39, 0.29) is 6.04 Å². The van der Waals surface area contributed by atoms with Crippen LogP contribution in [-0.4, -0.2) is 31.3 Å². The van der Waals surface area contributed by atoms with Crippen molar-refractivity contribution in [2.75, 3.05) is 14.2 Å². The van der Waals surface area contributed by atoms with Crippen molar-refractivity contribution < 1.29 is 19.4 Å². The smallest absolute Gasteiger partial charge is 0.320 e. The van der Waals surface area contributed by atoms with Crippen molar-refractivity contribution in [2.24, 2.45) is 0 Å². The Kier molecular flexibility index (Phi) is 5.63. The minimum atomic E-state index is -0.838. The molecule has 106 valence electrons. The van der Waals surface area contributed by atoms with Gasteiger partial charge in [0.25, 0.3) is 0 Å². The molecule has 0 saturated heterocycles. The number of ether oxygens (including phenoxy) is 2. The van der Waals surface area contributed by atoms with Crippen molar-refractivity contribution in [3.05, 3.63) is 23.8 Å². The molecule has 1 aromatic carbocycles. The van der Waals surface area contributed by atoms with E-state index in [0.717, 1.165) is 5.56 Å². The van der Waals surface area contributed by atoms with E-state index in [2.05, 4.69) is 5.32 Å². The second kappa shape index (κ2) is 6.99. The molecule has 0 aromatic heterocycles. The summed E-state index contributed by atoms with van der Waals surface area (Å²) in [5, 5.41) is 12.1. The molecule has 0 saturated carbocycles. The van der Waals surface area contributed by atoms with E-state index in [1.165, 1.54) is 0 Å². The highest BCUT2D eigenvalue weighted by Gasteiger charge is 2.18. The van der Waals surface area contributed by atoms with E-state index in [1.54, 1.807) is 14.2 Å². The fourth-order valence-corrected chi connectivity index (χ4v) is 1.88. The molecule has 5 heteroatoms. The fraction of sp³-hybridized carbons (Fsp3) is 0.500. The molecule has 0 aliphatic heterocycles. The number of rotatable bonds is 7. The molecule has 2 atom stereocenters. The van der Waals surface area contributed by atoms with Crippen molar-refractivity contribution in [3.8, 4) is 11.5 Å². The molecule has 2 unspecified atom stereocenters. The second-order valence-corrected chi connectivity index (χ2v) is 4.30. The number of benzene rings is 1. The fourth-order valence-electron chi connectivity index (χ4n) is 1.88. The summed E-state index contributed by atoms with van der Waals surface area (Å²) >= 11 is 0. The zero-order valence-electron chi connectivity index (χ0n) is 11.8. The summed E-state index contributed by atoms with van der Waals surface area (Å²) in [6.07, 6.45) is 0.535. The summed E-state index contributed by atoms with van der Waals surface area (Å²) in [5.41, 5.74) is 0.956. The van der Waals surface area contributed by atoms with E-state index >= 15 is 0 Å². The van der Waals surface area contributed by atoms with Gasteiger partial charge in [0.05, 0.1) is 14.2 Å². The molecular formula is C14H21NO4. The third kappa shape index (κ3) is 3.86. The lowest BCUT2D eigenvalue weighted by Crippen LogP contribution is -2.37. The Balaban J connectivity index is 2.87. The van der Waals surface area contributed by atoms with Crippen LogP contribution in [-0.2, 0) is 4.79 Å². The van der Waals surface area contributed by atoms with Gasteiger partial charge in [-0.3, -0.25) is 10.1 Å². The topological polar surface area (TPSA) is 67.8 Å². The highest BCUT2D eigenvalue weighted by molar-refractivity contribution is 5.73. The minimum Gasteiger partial charge on any atom is -0.493 e. The first-order chi connectivity index (χ1) is 9.03. The molecule has 0 radical (unpaired) electrons. The number of aliphatic carboxylic acids is 1. The highest BCUT2D eigenvalue weighted by atomic mass is 16.5. The lowest BCUT2D eigenvalue weighted by Gasteiger charge is -2.20. The van der Waals surface area contributed by atoms with Crippen LogP contribution >= 0.6 is 0 Å². The van der Waals surface area contributed by atoms with Gasteiger partial charge in [0, 0.05) is 6.04 Å². The second-order valence-electron chi connectivity index (χ2n) is 4.30. The SMILES string of the molecule is CCC(NC(C)c1ccc(OC)c(OC)c1)C(=O)O. The molecule has 2 N–H and O–H groups in total. The Morgan fingerprint density at radius 2 is 1.95 bits per heavy atom. The van der Waals surface area contributed by atoms with Crippen LogP contribution < -0.4 is 14.8 Å². The van der Waals surface area contributed by atoms with E-state index < -0.39 is 12.0 Å². The summed E-state index contributed by atoms with van der Waals surface area (Å²) in [6, 6.07) is 4.93. The van der Waals surface area contributed by atoms with E-state index in [4.69, 9.17) is 14.6 Å². The van der Waals surface area contributed by atoms with Crippen molar-refractivity contribution in [3.63, 3.8) is 0 Å². The average molecular weight is 267 g/mol. The molecule has 1 aromatic rings. The van der Waals surface area contributed by atoms with Crippen LogP contribution in [0.3, 0.4) is 0 Å². The molecule has 0 bridgehead atoms. The van der Waals surface area contributed by atoms with Gasteiger partial charge >= 0.3 is 5.97 Å². The predicted octanol–water partition coefficient (Wildman–Crippen LogP) is 2.22. The van der Waals surface area contributed by atoms with E-state index in [1.807, 2.05) is 32.0 Å². The standard InChI is InChI=1S/C14H21NO4/c1-5-11(14(16)17)15-9(2)10-6-7-12(18-3)13(8-10)19-4/h6-9,11,15H,5H2,1-4H3,(H,16,17). The largest absolute Gasteiger partial charge is 0.493 e. The van der Waals surface area contributed by atoms with Gasteiger partial charge in [0.1, 0.15) is 6.04 Å². The third-order valence-corrected chi connectivity index (χ3v) is 3.07. The van der Waals surface area contributed by atoms with Gasteiger partial charge in [0.2, 0.25) is 0 Å². The number of methoxy groups -OCH3 is 2. The number of hydrogen-bond donors (Lipinski definition) is 2. The predicted molar refractivity (Wildman–Crippen MR) is 72.8 cm³/mol. The number of hydrogen-bond acceptors (Lipinski definition) is 4. The van der Waals surface area contributed by atoms with Gasteiger partial charge in [-0.15, -0.1) is 0 Å². The lowest BCUT2D eigenvalue weighted by molar-refractivity contribution is -0.139. The van der Waals surface area contributed by atoms with Crippen LogP contribution in [0.15, 0.2) is 18.2 Å². The molecule has 5 nitrogen and oxygen atoms in total. The van der Waals surface area contributed by atoms with Crippen LogP contribution in [0.25, 0.3) is 0 Å². The van der Waals surface area contributed by atoms with Gasteiger partial charge in [0.15, 0.2) is 11.5 Å². The van der Waals surface area contributed by atoms with E-state index in [0.29, 0.717) is 17.9 Å². The molecule has 0 spiro atoms. The molecular weight excluding hydrogens is 246 g/mol. The Morgan fingerprint density at radius 1 is 1.32 bits per heavy atom. The lowest BCUT2D eigenvalue weighted by atomic mass is 10.1. The van der Waals surface area contributed by atoms with Crippen molar-refractivity contribution in [1.29, 1.82) is 0 Å². The summed E-state index contributed by atoms with van der Waals surface area (Å²) in [7, 11) is 3.16. The van der Waals surface area contributed by atoms with Gasteiger partial charge in [-0.25, -0.2) is 0 Å². The monoisotopic (exact) mass is 267 g/mol. The number of carbonyl (C=O) groups is 1. The first-order valence-electron chi connectivity index (χ1n) is 6.24. The van der Waals surface area contributed by atoms with E-state index in [9.17, 15) is 4.79 Å². The van der Waals surface area contributed by atoms with Crippen LogP contribution in [0.5, 0.6) is 11.5 Å². The van der Waals surface area contributed by atoms with Crippen molar-refractivity contribution >= 4 is 5.97 Å². The number of carboxylic acids is 1. The summed E-state index contributed by atoms with van der Waals surface area (Å²) < 4.78 is 10.4. The van der Waals surface area contributed by atoms with Gasteiger partial charge < -0.3 is 14.6 Å². The Bertz CT molecular complexity index is 433. The molecule has 0 heterocycles. The number of carboxylic acid groups (broad SMARTS) is 1. The Labute approximate surface area is 113 Å². The zero-order valence-corrected chi connectivity index (χ0v) is 11.8. The number of nitrogens with one attached hydrogen (secondary N) is 1. The van der Waals surface area contributed by atoms with Crippen molar-refractivity contribution in [1.82, 2.24) is 5.32 Å². The van der Waals surface area contributed by atoms with Crippen LogP contribution in [0.1, 0.15) is 31.9 Å². The van der Waals surface area contributed by atoms with Crippen LogP contribution in [0.4, 0.5) is 0 Å². The summed E-state index contributed by atoms with van der Waals surface area (Å²) in [5.74, 6) is 0.454. The third-order valence-electron chi connectivity index (χ3n) is 3.07. The van der Waals surface area contributed by atoms with Crippen LogP contribution in [0, 0.1) is 0 Å². The van der Waals surface area contributed by atoms with Gasteiger partial charge in [-0.2, -0.15) is 0 Å². The molecule has 0 aliphatic carbocycles. The Morgan fingerprint density at radius 3 is 2.42 bits per heavy atom. The van der Waals surface area contributed by atoms with Gasteiger partial charge in [-0.1, -0.05) is 13.0 Å².